The fourth-order valence-electron chi connectivity index (χ4n) is 2.02. The van der Waals surface area contributed by atoms with E-state index in [9.17, 15) is 4.79 Å². The predicted molar refractivity (Wildman–Crippen MR) is 87.5 cm³/mol. The molecule has 0 saturated heterocycles. The average molecular weight is 303 g/mol. The Kier molecular flexibility index (Phi) is 5.37. The first-order chi connectivity index (χ1) is 10.1. The van der Waals surface area contributed by atoms with E-state index in [1.54, 1.807) is 12.1 Å². The molecule has 0 bridgehead atoms. The molecule has 0 spiro atoms. The first-order valence-electron chi connectivity index (χ1n) is 6.87. The van der Waals surface area contributed by atoms with Gasteiger partial charge in [-0.1, -0.05) is 48.0 Å². The van der Waals surface area contributed by atoms with Crippen molar-refractivity contribution in [1.82, 2.24) is 4.90 Å². The zero-order valence-electron chi connectivity index (χ0n) is 12.2. The van der Waals surface area contributed by atoms with Gasteiger partial charge in [-0.2, -0.15) is 0 Å². The van der Waals surface area contributed by atoms with Crippen LogP contribution in [-0.2, 0) is 11.3 Å². The molecule has 1 amide bonds. The number of rotatable bonds is 5. The van der Waals surface area contributed by atoms with Crippen LogP contribution in [0.3, 0.4) is 0 Å². The Morgan fingerprint density at radius 1 is 1.19 bits per heavy atom. The van der Waals surface area contributed by atoms with E-state index in [4.69, 9.17) is 11.6 Å². The molecule has 110 valence electrons. The van der Waals surface area contributed by atoms with E-state index in [0.717, 1.165) is 6.54 Å². The van der Waals surface area contributed by atoms with Crippen molar-refractivity contribution >= 4 is 23.2 Å². The van der Waals surface area contributed by atoms with Gasteiger partial charge >= 0.3 is 0 Å². The Morgan fingerprint density at radius 3 is 2.57 bits per heavy atom. The van der Waals surface area contributed by atoms with Crippen molar-refractivity contribution in [3.05, 3.63) is 65.2 Å². The summed E-state index contributed by atoms with van der Waals surface area (Å²) >= 11 is 5.92. The summed E-state index contributed by atoms with van der Waals surface area (Å²) in [5.74, 6) is -0.0457. The number of hydrogen-bond acceptors (Lipinski definition) is 2. The number of nitrogens with zero attached hydrogens (tertiary/aromatic N) is 1. The summed E-state index contributed by atoms with van der Waals surface area (Å²) in [4.78, 5) is 14.3. The summed E-state index contributed by atoms with van der Waals surface area (Å²) < 4.78 is 0. The maximum absolute atomic E-state index is 12.3. The molecule has 0 unspecified atom stereocenters. The molecule has 2 rings (SSSR count). The van der Waals surface area contributed by atoms with Crippen LogP contribution in [0.5, 0.6) is 0 Å². The summed E-state index contributed by atoms with van der Waals surface area (Å²) in [6, 6.07) is 17.0. The van der Waals surface area contributed by atoms with Crippen molar-refractivity contribution < 1.29 is 4.79 Å². The van der Waals surface area contributed by atoms with Gasteiger partial charge in [0.15, 0.2) is 0 Å². The van der Waals surface area contributed by atoms with Crippen molar-refractivity contribution in [2.24, 2.45) is 0 Å². The van der Waals surface area contributed by atoms with E-state index >= 15 is 0 Å². The maximum atomic E-state index is 12.3. The summed E-state index contributed by atoms with van der Waals surface area (Å²) in [7, 11) is 1.94. The van der Waals surface area contributed by atoms with Crippen LogP contribution in [0, 0.1) is 0 Å². The van der Waals surface area contributed by atoms with Crippen molar-refractivity contribution in [3.63, 3.8) is 0 Å². The van der Waals surface area contributed by atoms with Crippen LogP contribution in [0.4, 0.5) is 5.69 Å². The predicted octanol–water partition coefficient (Wildman–Crippen LogP) is 3.80. The molecule has 3 nitrogen and oxygen atoms in total. The van der Waals surface area contributed by atoms with Crippen LogP contribution >= 0.6 is 11.6 Å². The number of nitrogens with one attached hydrogen (secondary N) is 1. The monoisotopic (exact) mass is 302 g/mol. The van der Waals surface area contributed by atoms with Gasteiger partial charge in [-0.15, -0.1) is 0 Å². The largest absolute Gasteiger partial charge is 0.325 e. The van der Waals surface area contributed by atoms with Gasteiger partial charge in [0.05, 0.1) is 6.04 Å². The van der Waals surface area contributed by atoms with Gasteiger partial charge in [-0.3, -0.25) is 9.69 Å². The molecule has 1 N–H and O–H groups in total. The third-order valence-corrected chi connectivity index (χ3v) is 3.64. The Morgan fingerprint density at radius 2 is 1.90 bits per heavy atom. The molecule has 4 heteroatoms. The second-order valence-corrected chi connectivity index (χ2v) is 5.51. The average Bonchev–Trinajstić information content (AvgIpc) is 2.47. The molecule has 0 aromatic heterocycles. The van der Waals surface area contributed by atoms with Gasteiger partial charge in [0.25, 0.3) is 0 Å². The Labute approximate surface area is 130 Å². The topological polar surface area (TPSA) is 32.3 Å². The second kappa shape index (κ2) is 7.25. The zero-order valence-corrected chi connectivity index (χ0v) is 13.0. The molecule has 2 aromatic rings. The third kappa shape index (κ3) is 4.59. The molecule has 0 aliphatic heterocycles. The minimum atomic E-state index is -0.232. The number of carbonyl (C=O) groups is 1. The number of carbonyl (C=O) groups excluding carboxylic acids is 1. The zero-order chi connectivity index (χ0) is 15.2. The summed E-state index contributed by atoms with van der Waals surface area (Å²) in [6.45, 7) is 2.62. The normalized spacial score (nSPS) is 12.2. The lowest BCUT2D eigenvalue weighted by Crippen LogP contribution is -2.39. The van der Waals surface area contributed by atoms with Crippen LogP contribution in [-0.4, -0.2) is 23.9 Å². The van der Waals surface area contributed by atoms with Crippen molar-refractivity contribution in [3.8, 4) is 0 Å². The molecule has 2 aromatic carbocycles. The quantitative estimate of drug-likeness (QED) is 0.911. The molecular formula is C17H19ClN2O. The smallest absolute Gasteiger partial charge is 0.241 e. The lowest BCUT2D eigenvalue weighted by molar-refractivity contribution is -0.120. The summed E-state index contributed by atoms with van der Waals surface area (Å²) in [5.41, 5.74) is 1.90. The summed E-state index contributed by atoms with van der Waals surface area (Å²) in [6.07, 6.45) is 0. The highest BCUT2D eigenvalue weighted by Crippen LogP contribution is 2.16. The van der Waals surface area contributed by atoms with Crippen LogP contribution in [0.15, 0.2) is 54.6 Å². The van der Waals surface area contributed by atoms with Crippen LogP contribution in [0.2, 0.25) is 5.02 Å². The van der Waals surface area contributed by atoms with Gasteiger partial charge in [-0.25, -0.2) is 0 Å². The van der Waals surface area contributed by atoms with Crippen molar-refractivity contribution in [2.75, 3.05) is 12.4 Å². The number of benzene rings is 2. The SMILES string of the molecule is C[C@@H](C(=O)Nc1cccc(Cl)c1)N(C)Cc1ccccc1. The van der Waals surface area contributed by atoms with E-state index in [-0.39, 0.29) is 11.9 Å². The minimum Gasteiger partial charge on any atom is -0.325 e. The van der Waals surface area contributed by atoms with E-state index in [1.165, 1.54) is 5.56 Å². The highest BCUT2D eigenvalue weighted by atomic mass is 35.5. The Hall–Kier alpha value is -1.84. The molecule has 21 heavy (non-hydrogen) atoms. The summed E-state index contributed by atoms with van der Waals surface area (Å²) in [5, 5.41) is 3.49. The van der Waals surface area contributed by atoms with Crippen molar-refractivity contribution in [2.45, 2.75) is 19.5 Å². The van der Waals surface area contributed by atoms with Gasteiger partial charge in [0, 0.05) is 17.3 Å². The fraction of sp³-hybridized carbons (Fsp3) is 0.235. The lowest BCUT2D eigenvalue weighted by atomic mass is 10.2. The van der Waals surface area contributed by atoms with Gasteiger partial charge in [0.1, 0.15) is 0 Å². The van der Waals surface area contributed by atoms with E-state index in [1.807, 2.05) is 49.2 Å². The van der Waals surface area contributed by atoms with Gasteiger partial charge in [-0.05, 0) is 37.7 Å². The van der Waals surface area contributed by atoms with Crippen LogP contribution in [0.25, 0.3) is 0 Å². The van der Waals surface area contributed by atoms with E-state index in [2.05, 4.69) is 17.4 Å². The molecule has 1 atom stereocenters. The highest BCUT2D eigenvalue weighted by molar-refractivity contribution is 6.30. The van der Waals surface area contributed by atoms with Crippen LogP contribution < -0.4 is 5.32 Å². The maximum Gasteiger partial charge on any atom is 0.241 e. The number of hydrogen-bond donors (Lipinski definition) is 1. The van der Waals surface area contributed by atoms with Gasteiger partial charge in [0.2, 0.25) is 5.91 Å². The second-order valence-electron chi connectivity index (χ2n) is 5.08. The van der Waals surface area contributed by atoms with E-state index in [0.29, 0.717) is 10.7 Å². The van der Waals surface area contributed by atoms with Gasteiger partial charge < -0.3 is 5.32 Å². The van der Waals surface area contributed by atoms with Crippen LogP contribution in [0.1, 0.15) is 12.5 Å². The third-order valence-electron chi connectivity index (χ3n) is 3.41. The molecular weight excluding hydrogens is 284 g/mol. The first-order valence-corrected chi connectivity index (χ1v) is 7.24. The first kappa shape index (κ1) is 15.5. The standard InChI is InChI=1S/C17H19ClN2O/c1-13(20(2)12-14-7-4-3-5-8-14)17(21)19-16-10-6-9-15(18)11-16/h3-11,13H,12H2,1-2H3,(H,19,21)/t13-/m0/s1. The Balaban J connectivity index is 1.95. The molecule has 0 radical (unpaired) electrons. The Bertz CT molecular complexity index is 601. The molecule has 0 aliphatic carbocycles. The number of anilines is 1. The number of amides is 1. The minimum absolute atomic E-state index is 0.0457. The van der Waals surface area contributed by atoms with E-state index < -0.39 is 0 Å². The van der Waals surface area contributed by atoms with Crippen molar-refractivity contribution in [1.29, 1.82) is 0 Å². The molecule has 0 heterocycles. The molecule has 0 saturated carbocycles. The fourth-order valence-corrected chi connectivity index (χ4v) is 2.21. The number of halogens is 1. The number of likely N-dealkylation sites (N-methyl/N-ethyl adjacent to an activating group) is 1. The molecule has 0 fully saturated rings. The molecule has 0 aliphatic rings. The highest BCUT2D eigenvalue weighted by Gasteiger charge is 2.18. The lowest BCUT2D eigenvalue weighted by Gasteiger charge is -2.24.